The van der Waals surface area contributed by atoms with Crippen molar-refractivity contribution in [2.24, 2.45) is 16.6 Å². The van der Waals surface area contributed by atoms with E-state index in [2.05, 4.69) is 4.99 Å². The zero-order chi connectivity index (χ0) is 10.6. The quantitative estimate of drug-likeness (QED) is 0.679. The first-order valence-corrected chi connectivity index (χ1v) is 4.88. The summed E-state index contributed by atoms with van der Waals surface area (Å²) in [5.74, 6) is -1.46. The van der Waals surface area contributed by atoms with Gasteiger partial charge in [0.15, 0.2) is 5.92 Å². The molecule has 1 aliphatic carbocycles. The summed E-state index contributed by atoms with van der Waals surface area (Å²) in [5.41, 5.74) is 5.64. The van der Waals surface area contributed by atoms with Crippen molar-refractivity contribution in [2.75, 3.05) is 0 Å². The lowest BCUT2D eigenvalue weighted by atomic mass is 10.1. The van der Waals surface area contributed by atoms with E-state index in [-0.39, 0.29) is 0 Å². The fourth-order valence-electron chi connectivity index (χ4n) is 1.76. The minimum absolute atomic E-state index is 0.296. The van der Waals surface area contributed by atoms with Gasteiger partial charge in [0.25, 0.3) is 0 Å². The number of primary amides is 1. The molecular formula is C10H15N3O. The first-order valence-electron chi connectivity index (χ1n) is 4.88. The van der Waals surface area contributed by atoms with Gasteiger partial charge in [-0.1, -0.05) is 12.8 Å². The summed E-state index contributed by atoms with van der Waals surface area (Å²) in [7, 11) is 0. The zero-order valence-electron chi connectivity index (χ0n) is 8.36. The lowest BCUT2D eigenvalue weighted by Crippen LogP contribution is -2.28. The molecule has 14 heavy (non-hydrogen) atoms. The Balaban J connectivity index is 2.66. The van der Waals surface area contributed by atoms with Crippen LogP contribution in [0.25, 0.3) is 0 Å². The molecule has 0 radical (unpaired) electrons. The second kappa shape index (κ2) is 4.75. The van der Waals surface area contributed by atoms with E-state index < -0.39 is 11.8 Å². The fraction of sp³-hybridized carbons (Fsp3) is 0.700. The number of hydrogen-bond donors (Lipinski definition) is 1. The largest absolute Gasteiger partial charge is 0.368 e. The van der Waals surface area contributed by atoms with E-state index in [4.69, 9.17) is 11.0 Å². The number of hydrogen-bond acceptors (Lipinski definition) is 3. The molecule has 0 aromatic carbocycles. The fourth-order valence-corrected chi connectivity index (χ4v) is 1.76. The number of aliphatic imine (C=N–C) groups is 1. The van der Waals surface area contributed by atoms with E-state index in [1.807, 2.05) is 6.07 Å². The number of carbonyl (C=O) groups is 1. The molecule has 0 heterocycles. The maximum atomic E-state index is 10.9. The Morgan fingerprint density at radius 3 is 2.57 bits per heavy atom. The summed E-state index contributed by atoms with van der Waals surface area (Å²) in [6.45, 7) is 1.71. The molecule has 2 N–H and O–H groups in total. The van der Waals surface area contributed by atoms with Crippen molar-refractivity contribution in [3.8, 4) is 6.07 Å². The van der Waals surface area contributed by atoms with Crippen LogP contribution in [-0.2, 0) is 4.79 Å². The highest BCUT2D eigenvalue weighted by Gasteiger charge is 2.20. The van der Waals surface area contributed by atoms with Gasteiger partial charge in [0, 0.05) is 11.8 Å². The average Bonchev–Trinajstić information content (AvgIpc) is 2.57. The third kappa shape index (κ3) is 2.56. The van der Waals surface area contributed by atoms with Crippen molar-refractivity contribution in [2.45, 2.75) is 38.6 Å². The minimum atomic E-state index is -0.851. The van der Waals surface area contributed by atoms with Crippen molar-refractivity contribution in [1.82, 2.24) is 0 Å². The van der Waals surface area contributed by atoms with E-state index in [0.29, 0.717) is 11.8 Å². The molecule has 0 aliphatic heterocycles. The first-order chi connectivity index (χ1) is 6.65. The lowest BCUT2D eigenvalue weighted by Gasteiger charge is -2.08. The molecule has 0 aromatic rings. The van der Waals surface area contributed by atoms with Gasteiger partial charge >= 0.3 is 0 Å². The van der Waals surface area contributed by atoms with Gasteiger partial charge in [-0.15, -0.1) is 0 Å². The molecule has 0 saturated heterocycles. The van der Waals surface area contributed by atoms with Crippen molar-refractivity contribution in [3.05, 3.63) is 0 Å². The van der Waals surface area contributed by atoms with E-state index in [9.17, 15) is 4.79 Å². The van der Waals surface area contributed by atoms with Crippen LogP contribution in [0.15, 0.2) is 4.99 Å². The predicted octanol–water partition coefficient (Wildman–Crippen LogP) is 1.01. The minimum Gasteiger partial charge on any atom is -0.368 e. The van der Waals surface area contributed by atoms with Gasteiger partial charge in [-0.05, 0) is 19.8 Å². The molecule has 1 fully saturated rings. The van der Waals surface area contributed by atoms with Crippen LogP contribution >= 0.6 is 0 Å². The Morgan fingerprint density at radius 1 is 1.57 bits per heavy atom. The van der Waals surface area contributed by atoms with Gasteiger partial charge in [0.05, 0.1) is 6.07 Å². The number of amides is 1. The van der Waals surface area contributed by atoms with Gasteiger partial charge < -0.3 is 5.73 Å². The van der Waals surface area contributed by atoms with Crippen LogP contribution in [0.1, 0.15) is 32.6 Å². The molecule has 1 rings (SSSR count). The Bertz CT molecular complexity index is 284. The zero-order valence-corrected chi connectivity index (χ0v) is 8.36. The summed E-state index contributed by atoms with van der Waals surface area (Å²) < 4.78 is 0. The van der Waals surface area contributed by atoms with Crippen molar-refractivity contribution in [1.29, 1.82) is 5.26 Å². The smallest absolute Gasteiger partial charge is 0.240 e. The predicted molar refractivity (Wildman–Crippen MR) is 53.7 cm³/mol. The van der Waals surface area contributed by atoms with Crippen molar-refractivity contribution >= 4 is 11.6 Å². The number of nitrogens with zero attached hydrogens (tertiary/aromatic N) is 2. The molecular weight excluding hydrogens is 178 g/mol. The molecule has 1 saturated carbocycles. The first kappa shape index (κ1) is 10.7. The Kier molecular flexibility index (Phi) is 3.63. The Labute approximate surface area is 83.8 Å². The van der Waals surface area contributed by atoms with E-state index in [1.54, 1.807) is 6.92 Å². The van der Waals surface area contributed by atoms with Gasteiger partial charge in [0.2, 0.25) is 5.91 Å². The van der Waals surface area contributed by atoms with Crippen molar-refractivity contribution in [3.63, 3.8) is 0 Å². The Hall–Kier alpha value is -1.37. The molecule has 1 aliphatic rings. The molecule has 0 spiro atoms. The van der Waals surface area contributed by atoms with Crippen LogP contribution in [0.3, 0.4) is 0 Å². The second-order valence-electron chi connectivity index (χ2n) is 3.67. The van der Waals surface area contributed by atoms with E-state index >= 15 is 0 Å². The normalized spacial score (nSPS) is 20.4. The van der Waals surface area contributed by atoms with Crippen LogP contribution in [0.4, 0.5) is 0 Å². The molecule has 76 valence electrons. The Morgan fingerprint density at radius 2 is 2.14 bits per heavy atom. The topological polar surface area (TPSA) is 79.2 Å². The SMILES string of the molecule is CC(=NC1CCCC1)C(C#N)C(N)=O. The number of nitriles is 1. The van der Waals surface area contributed by atoms with E-state index in [0.717, 1.165) is 12.8 Å². The van der Waals surface area contributed by atoms with Gasteiger partial charge in [0.1, 0.15) is 0 Å². The highest BCUT2D eigenvalue weighted by atomic mass is 16.1. The highest BCUT2D eigenvalue weighted by Crippen LogP contribution is 2.21. The third-order valence-electron chi connectivity index (χ3n) is 2.54. The summed E-state index contributed by atoms with van der Waals surface area (Å²) >= 11 is 0. The lowest BCUT2D eigenvalue weighted by molar-refractivity contribution is -0.118. The van der Waals surface area contributed by atoms with Gasteiger partial charge in [-0.25, -0.2) is 0 Å². The third-order valence-corrected chi connectivity index (χ3v) is 2.54. The molecule has 0 bridgehead atoms. The monoisotopic (exact) mass is 193 g/mol. The average molecular weight is 193 g/mol. The molecule has 0 aromatic heterocycles. The summed E-state index contributed by atoms with van der Waals surface area (Å²) in [6, 6.07) is 2.17. The van der Waals surface area contributed by atoms with Crippen LogP contribution in [0, 0.1) is 17.2 Å². The van der Waals surface area contributed by atoms with Crippen LogP contribution < -0.4 is 5.73 Å². The summed E-state index contributed by atoms with van der Waals surface area (Å²) in [4.78, 5) is 15.2. The molecule has 1 amide bonds. The maximum Gasteiger partial charge on any atom is 0.240 e. The highest BCUT2D eigenvalue weighted by molar-refractivity contribution is 6.05. The standard InChI is InChI=1S/C10H15N3O/c1-7(9(6-11)10(12)14)13-8-4-2-3-5-8/h8-9H,2-5H2,1H3,(H2,12,14). The van der Waals surface area contributed by atoms with Gasteiger partial charge in [-0.2, -0.15) is 5.26 Å². The second-order valence-corrected chi connectivity index (χ2v) is 3.67. The maximum absolute atomic E-state index is 10.9. The number of nitrogens with two attached hydrogens (primary N) is 1. The summed E-state index contributed by atoms with van der Waals surface area (Å²) in [5, 5.41) is 8.71. The summed E-state index contributed by atoms with van der Waals surface area (Å²) in [6.07, 6.45) is 4.51. The molecule has 1 unspecified atom stereocenters. The molecule has 4 heteroatoms. The van der Waals surface area contributed by atoms with Crippen molar-refractivity contribution < 1.29 is 4.79 Å². The molecule has 4 nitrogen and oxygen atoms in total. The van der Waals surface area contributed by atoms with Gasteiger partial charge in [-0.3, -0.25) is 9.79 Å². The van der Waals surface area contributed by atoms with E-state index in [1.165, 1.54) is 12.8 Å². The molecule has 1 atom stereocenters. The van der Waals surface area contributed by atoms with Crippen LogP contribution in [0.2, 0.25) is 0 Å². The number of rotatable bonds is 3. The van der Waals surface area contributed by atoms with Crippen LogP contribution in [-0.4, -0.2) is 17.7 Å². The number of carbonyl (C=O) groups excluding carboxylic acids is 1. The van der Waals surface area contributed by atoms with Crippen LogP contribution in [0.5, 0.6) is 0 Å².